The van der Waals surface area contributed by atoms with Gasteiger partial charge in [-0.05, 0) is 25.3 Å². The van der Waals surface area contributed by atoms with Crippen LogP contribution in [0.2, 0.25) is 0 Å². The highest BCUT2D eigenvalue weighted by atomic mass is 16.5. The van der Waals surface area contributed by atoms with Crippen LogP contribution < -0.4 is 15.4 Å². The Morgan fingerprint density at radius 1 is 1.58 bits per heavy atom. The highest BCUT2D eigenvalue weighted by Crippen LogP contribution is 2.28. The van der Waals surface area contributed by atoms with Crippen LogP contribution in [0.5, 0.6) is 5.88 Å². The number of nitrogens with one attached hydrogen (secondary N) is 2. The number of aliphatic imine (C=N–C) groups is 1. The quantitative estimate of drug-likeness (QED) is 0.624. The average molecular weight is 262 g/mol. The molecular weight excluding hydrogens is 240 g/mol. The maximum atomic E-state index is 5.23. The molecule has 0 saturated heterocycles. The molecule has 1 saturated carbocycles. The molecule has 0 amide bonds. The number of ether oxygens (including phenoxy) is 1. The molecule has 2 rings (SSSR count). The molecule has 0 aromatic carbocycles. The van der Waals surface area contributed by atoms with Gasteiger partial charge in [0.05, 0.1) is 13.7 Å². The van der Waals surface area contributed by atoms with Crippen LogP contribution in [0.1, 0.15) is 25.8 Å². The third-order valence-electron chi connectivity index (χ3n) is 3.23. The van der Waals surface area contributed by atoms with E-state index in [1.165, 1.54) is 6.42 Å². The lowest BCUT2D eigenvalue weighted by molar-refractivity contribution is 0.392. The third-order valence-corrected chi connectivity index (χ3v) is 3.23. The van der Waals surface area contributed by atoms with E-state index in [-0.39, 0.29) is 0 Å². The van der Waals surface area contributed by atoms with E-state index in [9.17, 15) is 0 Å². The van der Waals surface area contributed by atoms with Crippen molar-refractivity contribution in [3.8, 4) is 5.88 Å². The Kier molecular flexibility index (Phi) is 4.60. The molecule has 1 aromatic heterocycles. The molecule has 1 heterocycles. The van der Waals surface area contributed by atoms with E-state index in [1.54, 1.807) is 13.3 Å². The van der Waals surface area contributed by atoms with Crippen LogP contribution in [0, 0.1) is 5.92 Å². The minimum atomic E-state index is 0.563. The largest absolute Gasteiger partial charge is 0.481 e. The standard InChI is InChI=1S/C14H22N4O/c1-4-15-14(18-12-8-10(12)2)17-9-11-6-5-7-16-13(11)19-3/h5-7,10,12H,4,8-9H2,1-3H3,(H2,15,17,18). The van der Waals surface area contributed by atoms with Gasteiger partial charge in [0.1, 0.15) is 0 Å². The van der Waals surface area contributed by atoms with Crippen LogP contribution in [-0.4, -0.2) is 30.6 Å². The van der Waals surface area contributed by atoms with Gasteiger partial charge >= 0.3 is 0 Å². The smallest absolute Gasteiger partial charge is 0.218 e. The fourth-order valence-corrected chi connectivity index (χ4v) is 1.91. The van der Waals surface area contributed by atoms with Gasteiger partial charge in [-0.1, -0.05) is 13.0 Å². The predicted molar refractivity (Wildman–Crippen MR) is 76.3 cm³/mol. The molecule has 0 radical (unpaired) electrons. The van der Waals surface area contributed by atoms with Gasteiger partial charge in [0.2, 0.25) is 5.88 Å². The molecular formula is C14H22N4O. The monoisotopic (exact) mass is 262 g/mol. The lowest BCUT2D eigenvalue weighted by atomic mass is 10.3. The van der Waals surface area contributed by atoms with Crippen molar-refractivity contribution in [2.75, 3.05) is 13.7 Å². The average Bonchev–Trinajstić information content (AvgIpc) is 3.12. The Balaban J connectivity index is 2.00. The zero-order chi connectivity index (χ0) is 13.7. The minimum Gasteiger partial charge on any atom is -0.481 e. The van der Waals surface area contributed by atoms with Gasteiger partial charge in [0, 0.05) is 24.3 Å². The van der Waals surface area contributed by atoms with E-state index < -0.39 is 0 Å². The normalized spacial score (nSPS) is 21.9. The molecule has 0 aliphatic heterocycles. The second-order valence-corrected chi connectivity index (χ2v) is 4.83. The minimum absolute atomic E-state index is 0.563. The highest BCUT2D eigenvalue weighted by molar-refractivity contribution is 5.80. The van der Waals surface area contributed by atoms with Gasteiger partial charge in [-0.15, -0.1) is 0 Å². The van der Waals surface area contributed by atoms with Gasteiger partial charge in [-0.2, -0.15) is 0 Å². The molecule has 2 unspecified atom stereocenters. The zero-order valence-corrected chi connectivity index (χ0v) is 11.8. The Bertz CT molecular complexity index is 447. The topological polar surface area (TPSA) is 58.5 Å². The molecule has 0 bridgehead atoms. The summed E-state index contributed by atoms with van der Waals surface area (Å²) in [6, 6.07) is 4.45. The molecule has 1 aromatic rings. The number of rotatable bonds is 5. The Morgan fingerprint density at radius 3 is 3.00 bits per heavy atom. The molecule has 1 aliphatic carbocycles. The van der Waals surface area contributed by atoms with Gasteiger partial charge in [0.25, 0.3) is 0 Å². The summed E-state index contributed by atoms with van der Waals surface area (Å²) in [4.78, 5) is 8.76. The van der Waals surface area contributed by atoms with E-state index in [2.05, 4.69) is 34.5 Å². The maximum Gasteiger partial charge on any atom is 0.218 e. The lowest BCUT2D eigenvalue weighted by Gasteiger charge is -2.11. The first-order valence-electron chi connectivity index (χ1n) is 6.77. The van der Waals surface area contributed by atoms with E-state index in [0.717, 1.165) is 24.0 Å². The molecule has 0 spiro atoms. The van der Waals surface area contributed by atoms with Crippen molar-refractivity contribution < 1.29 is 4.74 Å². The van der Waals surface area contributed by atoms with Crippen molar-refractivity contribution >= 4 is 5.96 Å². The summed E-state index contributed by atoms with van der Waals surface area (Å²) in [6.45, 7) is 5.73. The number of nitrogens with zero attached hydrogens (tertiary/aromatic N) is 2. The van der Waals surface area contributed by atoms with E-state index in [1.807, 2.05) is 12.1 Å². The van der Waals surface area contributed by atoms with Crippen molar-refractivity contribution in [3.05, 3.63) is 23.9 Å². The Hall–Kier alpha value is -1.78. The van der Waals surface area contributed by atoms with E-state index in [0.29, 0.717) is 18.5 Å². The molecule has 104 valence electrons. The Labute approximate surface area is 114 Å². The van der Waals surface area contributed by atoms with Crippen LogP contribution in [0.4, 0.5) is 0 Å². The second kappa shape index (κ2) is 6.41. The number of hydrogen-bond donors (Lipinski definition) is 2. The van der Waals surface area contributed by atoms with Gasteiger partial charge in [-0.3, -0.25) is 0 Å². The van der Waals surface area contributed by atoms with Crippen LogP contribution >= 0.6 is 0 Å². The molecule has 2 atom stereocenters. The van der Waals surface area contributed by atoms with Crippen molar-refractivity contribution in [2.45, 2.75) is 32.9 Å². The third kappa shape index (κ3) is 3.84. The number of guanidine groups is 1. The molecule has 19 heavy (non-hydrogen) atoms. The van der Waals surface area contributed by atoms with E-state index in [4.69, 9.17) is 4.74 Å². The van der Waals surface area contributed by atoms with Gasteiger partial charge < -0.3 is 15.4 Å². The predicted octanol–water partition coefficient (Wildman–Crippen LogP) is 1.55. The first-order chi connectivity index (χ1) is 9.24. The molecule has 1 fully saturated rings. The molecule has 2 N–H and O–H groups in total. The number of aromatic nitrogens is 1. The summed E-state index contributed by atoms with van der Waals surface area (Å²) in [7, 11) is 1.63. The molecule has 5 heteroatoms. The summed E-state index contributed by atoms with van der Waals surface area (Å²) in [5.74, 6) is 2.25. The summed E-state index contributed by atoms with van der Waals surface area (Å²) in [5.41, 5.74) is 0.992. The summed E-state index contributed by atoms with van der Waals surface area (Å²) in [6.07, 6.45) is 2.95. The zero-order valence-electron chi connectivity index (χ0n) is 11.8. The van der Waals surface area contributed by atoms with Crippen molar-refractivity contribution in [1.29, 1.82) is 0 Å². The first kappa shape index (κ1) is 13.6. The summed E-state index contributed by atoms with van der Waals surface area (Å²) >= 11 is 0. The second-order valence-electron chi connectivity index (χ2n) is 4.83. The fraction of sp³-hybridized carbons (Fsp3) is 0.571. The van der Waals surface area contributed by atoms with Gasteiger partial charge in [-0.25, -0.2) is 9.98 Å². The number of pyridine rings is 1. The van der Waals surface area contributed by atoms with E-state index >= 15 is 0 Å². The lowest BCUT2D eigenvalue weighted by Crippen LogP contribution is -2.39. The van der Waals surface area contributed by atoms with Crippen LogP contribution in [0.15, 0.2) is 23.3 Å². The Morgan fingerprint density at radius 2 is 2.37 bits per heavy atom. The highest BCUT2D eigenvalue weighted by Gasteiger charge is 2.33. The summed E-state index contributed by atoms with van der Waals surface area (Å²) < 4.78 is 5.23. The fourth-order valence-electron chi connectivity index (χ4n) is 1.91. The maximum absolute atomic E-state index is 5.23. The SMILES string of the molecule is CCNC(=NCc1cccnc1OC)NC1CC1C. The van der Waals surface area contributed by atoms with Crippen LogP contribution in [0.3, 0.4) is 0 Å². The van der Waals surface area contributed by atoms with Crippen LogP contribution in [-0.2, 0) is 6.54 Å². The van der Waals surface area contributed by atoms with Crippen molar-refractivity contribution in [3.63, 3.8) is 0 Å². The van der Waals surface area contributed by atoms with Crippen molar-refractivity contribution in [2.24, 2.45) is 10.9 Å². The summed E-state index contributed by atoms with van der Waals surface area (Å²) in [5, 5.41) is 6.69. The van der Waals surface area contributed by atoms with Gasteiger partial charge in [0.15, 0.2) is 5.96 Å². The van der Waals surface area contributed by atoms with Crippen LogP contribution in [0.25, 0.3) is 0 Å². The number of methoxy groups -OCH3 is 1. The molecule has 5 nitrogen and oxygen atoms in total. The molecule has 1 aliphatic rings. The number of hydrogen-bond acceptors (Lipinski definition) is 3. The van der Waals surface area contributed by atoms with Crippen molar-refractivity contribution in [1.82, 2.24) is 15.6 Å². The first-order valence-corrected chi connectivity index (χ1v) is 6.77.